The van der Waals surface area contributed by atoms with Gasteiger partial charge in [0, 0.05) is 17.1 Å². The molecule has 1 heterocycles. The SMILES string of the molecule is O=C(OC1CCOC1)c1cc(F)c(F)c(S(=O)(=O)Cl)c1Cl. The maximum atomic E-state index is 13.5. The second-order valence-electron chi connectivity index (χ2n) is 4.19. The number of carbonyl (C=O) groups excluding carboxylic acids is 1. The van der Waals surface area contributed by atoms with E-state index in [0.717, 1.165) is 0 Å². The van der Waals surface area contributed by atoms with Gasteiger partial charge in [0.25, 0.3) is 9.05 Å². The molecular formula is C11H8Cl2F2O5S. The predicted molar refractivity (Wildman–Crippen MR) is 69.0 cm³/mol. The first kappa shape index (κ1) is 16.4. The van der Waals surface area contributed by atoms with Crippen LogP contribution in [-0.4, -0.2) is 33.7 Å². The summed E-state index contributed by atoms with van der Waals surface area (Å²) in [5.41, 5.74) is -0.623. The van der Waals surface area contributed by atoms with Gasteiger partial charge >= 0.3 is 5.97 Å². The van der Waals surface area contributed by atoms with Crippen molar-refractivity contribution in [3.63, 3.8) is 0 Å². The fourth-order valence-corrected chi connectivity index (χ4v) is 3.47. The van der Waals surface area contributed by atoms with Gasteiger partial charge in [-0.05, 0) is 6.07 Å². The molecule has 21 heavy (non-hydrogen) atoms. The maximum Gasteiger partial charge on any atom is 0.340 e. The minimum atomic E-state index is -4.68. The molecular weight excluding hydrogens is 353 g/mol. The van der Waals surface area contributed by atoms with Crippen molar-refractivity contribution in [3.05, 3.63) is 28.3 Å². The molecule has 1 unspecified atom stereocenters. The van der Waals surface area contributed by atoms with Gasteiger partial charge in [-0.15, -0.1) is 0 Å². The minimum Gasteiger partial charge on any atom is -0.456 e. The molecule has 0 N–H and O–H groups in total. The molecule has 0 aromatic heterocycles. The zero-order valence-corrected chi connectivity index (χ0v) is 12.6. The van der Waals surface area contributed by atoms with Crippen LogP contribution in [0.3, 0.4) is 0 Å². The van der Waals surface area contributed by atoms with E-state index in [0.29, 0.717) is 19.1 Å². The molecule has 1 aromatic carbocycles. The zero-order valence-electron chi connectivity index (χ0n) is 10.2. The van der Waals surface area contributed by atoms with Crippen LogP contribution in [0.25, 0.3) is 0 Å². The first-order valence-electron chi connectivity index (χ1n) is 5.62. The van der Waals surface area contributed by atoms with Crippen molar-refractivity contribution in [2.24, 2.45) is 0 Å². The second-order valence-corrected chi connectivity index (χ2v) is 7.07. The Morgan fingerprint density at radius 3 is 2.62 bits per heavy atom. The summed E-state index contributed by atoms with van der Waals surface area (Å²) in [6.45, 7) is 0.554. The monoisotopic (exact) mass is 360 g/mol. The van der Waals surface area contributed by atoms with Crippen LogP contribution in [0.2, 0.25) is 5.02 Å². The molecule has 116 valence electrons. The normalized spacial score (nSPS) is 18.8. The molecule has 1 saturated heterocycles. The average Bonchev–Trinajstić information content (AvgIpc) is 2.85. The molecule has 0 amide bonds. The Bertz CT molecular complexity index is 686. The van der Waals surface area contributed by atoms with E-state index in [1.165, 1.54) is 0 Å². The van der Waals surface area contributed by atoms with Crippen molar-refractivity contribution in [2.45, 2.75) is 17.4 Å². The topological polar surface area (TPSA) is 69.7 Å². The third-order valence-corrected chi connectivity index (χ3v) is 4.58. The van der Waals surface area contributed by atoms with Crippen LogP contribution in [0.5, 0.6) is 0 Å². The van der Waals surface area contributed by atoms with Gasteiger partial charge in [0.1, 0.15) is 11.0 Å². The van der Waals surface area contributed by atoms with E-state index >= 15 is 0 Å². The Morgan fingerprint density at radius 2 is 2.10 bits per heavy atom. The highest BCUT2D eigenvalue weighted by atomic mass is 35.7. The molecule has 0 saturated carbocycles. The molecule has 2 rings (SSSR count). The minimum absolute atomic E-state index is 0.160. The Morgan fingerprint density at radius 1 is 1.43 bits per heavy atom. The van der Waals surface area contributed by atoms with Gasteiger partial charge in [-0.2, -0.15) is 0 Å². The van der Waals surface area contributed by atoms with E-state index in [2.05, 4.69) is 0 Å². The van der Waals surface area contributed by atoms with Crippen molar-refractivity contribution in [1.82, 2.24) is 0 Å². The fourth-order valence-electron chi connectivity index (χ4n) is 1.76. The van der Waals surface area contributed by atoms with Crippen molar-refractivity contribution in [1.29, 1.82) is 0 Å². The van der Waals surface area contributed by atoms with Gasteiger partial charge in [-0.3, -0.25) is 0 Å². The van der Waals surface area contributed by atoms with Crippen LogP contribution >= 0.6 is 22.3 Å². The zero-order chi connectivity index (χ0) is 15.8. The van der Waals surface area contributed by atoms with Gasteiger partial charge in [0.15, 0.2) is 11.6 Å². The van der Waals surface area contributed by atoms with Gasteiger partial charge < -0.3 is 9.47 Å². The molecule has 1 atom stereocenters. The second kappa shape index (κ2) is 6.04. The summed E-state index contributed by atoms with van der Waals surface area (Å²) in [5.74, 6) is -4.42. The van der Waals surface area contributed by atoms with Gasteiger partial charge in [0.2, 0.25) is 0 Å². The fraction of sp³-hybridized carbons (Fsp3) is 0.364. The lowest BCUT2D eigenvalue weighted by Gasteiger charge is -2.12. The first-order chi connectivity index (χ1) is 9.71. The smallest absolute Gasteiger partial charge is 0.340 e. The molecule has 0 bridgehead atoms. The first-order valence-corrected chi connectivity index (χ1v) is 8.31. The summed E-state index contributed by atoms with van der Waals surface area (Å²) in [7, 11) is 0.320. The highest BCUT2D eigenvalue weighted by Crippen LogP contribution is 2.33. The summed E-state index contributed by atoms with van der Waals surface area (Å²) < 4.78 is 59.4. The molecule has 10 heteroatoms. The Hall–Kier alpha value is -0.960. The van der Waals surface area contributed by atoms with Gasteiger partial charge in [-0.25, -0.2) is 22.0 Å². The quantitative estimate of drug-likeness (QED) is 0.470. The molecule has 0 radical (unpaired) electrons. The summed E-state index contributed by atoms with van der Waals surface area (Å²) in [6, 6.07) is 0.460. The van der Waals surface area contributed by atoms with E-state index in [9.17, 15) is 22.0 Å². The lowest BCUT2D eigenvalue weighted by Crippen LogP contribution is -2.19. The van der Waals surface area contributed by atoms with E-state index < -0.39 is 48.2 Å². The third-order valence-electron chi connectivity index (χ3n) is 2.74. The largest absolute Gasteiger partial charge is 0.456 e. The van der Waals surface area contributed by atoms with E-state index in [1.54, 1.807) is 0 Å². The molecule has 1 fully saturated rings. The lowest BCUT2D eigenvalue weighted by molar-refractivity contribution is 0.0270. The van der Waals surface area contributed by atoms with Gasteiger partial charge in [-0.1, -0.05) is 11.6 Å². The lowest BCUT2D eigenvalue weighted by atomic mass is 10.2. The molecule has 1 aromatic rings. The number of benzene rings is 1. The van der Waals surface area contributed by atoms with Crippen LogP contribution in [0.1, 0.15) is 16.8 Å². The van der Waals surface area contributed by atoms with Crippen molar-refractivity contribution in [2.75, 3.05) is 13.2 Å². The van der Waals surface area contributed by atoms with E-state index in [4.69, 9.17) is 31.8 Å². The van der Waals surface area contributed by atoms with Crippen molar-refractivity contribution in [3.8, 4) is 0 Å². The summed E-state index contributed by atoms with van der Waals surface area (Å²) in [4.78, 5) is 10.6. The molecule has 0 aliphatic carbocycles. The van der Waals surface area contributed by atoms with Crippen LogP contribution in [-0.2, 0) is 18.5 Å². The number of rotatable bonds is 3. The number of hydrogen-bond donors (Lipinski definition) is 0. The molecule has 1 aliphatic rings. The van der Waals surface area contributed by atoms with Crippen LogP contribution in [0.4, 0.5) is 8.78 Å². The molecule has 0 spiro atoms. The summed E-state index contributed by atoms with van der Waals surface area (Å²) in [6.07, 6.45) is -0.119. The Kier molecular flexibility index (Phi) is 4.72. The van der Waals surface area contributed by atoms with Crippen LogP contribution in [0, 0.1) is 11.6 Å². The summed E-state index contributed by atoms with van der Waals surface area (Å²) in [5, 5.41) is -0.826. The molecule has 5 nitrogen and oxygen atoms in total. The highest BCUT2D eigenvalue weighted by molar-refractivity contribution is 8.13. The standard InChI is InChI=1S/C11H8Cl2F2O5S/c12-8-6(11(16)20-5-1-2-19-4-5)3-7(14)9(15)10(8)21(13,17)18/h3,5H,1-2,4H2. The van der Waals surface area contributed by atoms with Crippen LogP contribution < -0.4 is 0 Å². The predicted octanol–water partition coefficient (Wildman–Crippen LogP) is 2.49. The Labute approximate surface area is 128 Å². The number of halogens is 4. The highest BCUT2D eigenvalue weighted by Gasteiger charge is 2.30. The van der Waals surface area contributed by atoms with Crippen LogP contribution in [0.15, 0.2) is 11.0 Å². The van der Waals surface area contributed by atoms with Gasteiger partial charge in [0.05, 0.1) is 23.8 Å². The molecule has 1 aliphatic heterocycles. The van der Waals surface area contributed by atoms with E-state index in [-0.39, 0.29) is 6.61 Å². The van der Waals surface area contributed by atoms with E-state index in [1.807, 2.05) is 0 Å². The van der Waals surface area contributed by atoms with Crippen molar-refractivity contribution < 1.29 is 31.5 Å². The third kappa shape index (κ3) is 3.45. The Balaban J connectivity index is 2.44. The number of ether oxygens (including phenoxy) is 2. The maximum absolute atomic E-state index is 13.5. The average molecular weight is 361 g/mol. The number of hydrogen-bond acceptors (Lipinski definition) is 5. The summed E-state index contributed by atoms with van der Waals surface area (Å²) >= 11 is 5.65. The number of carbonyl (C=O) groups is 1. The van der Waals surface area contributed by atoms with Crippen molar-refractivity contribution >= 4 is 37.3 Å². The number of esters is 1.